The molecular formula is C14H16F2N4O4S. The molecule has 136 valence electrons. The number of halogens is 2. The fraction of sp³-hybridized carbons (Fsp3) is 0.357. The molecule has 0 N–H and O–H groups in total. The molecule has 0 spiro atoms. The molecule has 8 nitrogen and oxygen atoms in total. The van der Waals surface area contributed by atoms with E-state index in [-0.39, 0.29) is 12.2 Å². The maximum absolute atomic E-state index is 12.6. The average molecular weight is 374 g/mol. The third-order valence-corrected chi connectivity index (χ3v) is 5.00. The van der Waals surface area contributed by atoms with E-state index in [1.54, 1.807) is 24.0 Å². The summed E-state index contributed by atoms with van der Waals surface area (Å²) in [6.07, 6.45) is 1.60. The standard InChI is InChI=1S/C14H16F2N4O4S/c1-3-19-10(6-7-17-19)9-18(2)12-5-4-11(8-13(12)20(21)22)25(23,24)14(15)16/h4-8,14H,3,9H2,1-2H3. The summed E-state index contributed by atoms with van der Waals surface area (Å²) >= 11 is 0. The topological polar surface area (TPSA) is 98.3 Å². The molecule has 0 atom stereocenters. The molecule has 0 fully saturated rings. The number of hydrogen-bond donors (Lipinski definition) is 0. The largest absolute Gasteiger partial charge is 0.363 e. The Morgan fingerprint density at radius 2 is 2.04 bits per heavy atom. The normalized spacial score (nSPS) is 11.7. The van der Waals surface area contributed by atoms with Gasteiger partial charge in [-0.05, 0) is 25.1 Å². The van der Waals surface area contributed by atoms with Gasteiger partial charge in [-0.25, -0.2) is 8.42 Å². The summed E-state index contributed by atoms with van der Waals surface area (Å²) in [5, 5.41) is 15.4. The number of nitro benzene ring substituents is 1. The van der Waals surface area contributed by atoms with E-state index < -0.39 is 31.1 Å². The molecule has 1 heterocycles. The van der Waals surface area contributed by atoms with Crippen LogP contribution in [0.2, 0.25) is 0 Å². The van der Waals surface area contributed by atoms with Crippen LogP contribution in [0.15, 0.2) is 35.4 Å². The van der Waals surface area contributed by atoms with Crippen LogP contribution in [0.5, 0.6) is 0 Å². The van der Waals surface area contributed by atoms with Crippen molar-refractivity contribution in [2.75, 3.05) is 11.9 Å². The summed E-state index contributed by atoms with van der Waals surface area (Å²) < 4.78 is 50.1. The van der Waals surface area contributed by atoms with E-state index >= 15 is 0 Å². The second-order valence-electron chi connectivity index (χ2n) is 5.21. The number of rotatable bonds is 7. The van der Waals surface area contributed by atoms with Crippen LogP contribution in [0.25, 0.3) is 0 Å². The highest BCUT2D eigenvalue weighted by atomic mass is 32.2. The van der Waals surface area contributed by atoms with E-state index in [9.17, 15) is 27.3 Å². The number of nitrogens with zero attached hydrogens (tertiary/aromatic N) is 4. The lowest BCUT2D eigenvalue weighted by atomic mass is 10.2. The van der Waals surface area contributed by atoms with Gasteiger partial charge >= 0.3 is 5.76 Å². The summed E-state index contributed by atoms with van der Waals surface area (Å²) in [4.78, 5) is 11.2. The van der Waals surface area contributed by atoms with Crippen LogP contribution in [-0.4, -0.2) is 35.9 Å². The van der Waals surface area contributed by atoms with Crippen molar-refractivity contribution in [1.82, 2.24) is 9.78 Å². The number of aromatic nitrogens is 2. The molecule has 25 heavy (non-hydrogen) atoms. The van der Waals surface area contributed by atoms with Crippen molar-refractivity contribution in [3.8, 4) is 0 Å². The smallest absolute Gasteiger partial charge is 0.341 e. The van der Waals surface area contributed by atoms with Gasteiger partial charge in [0.15, 0.2) is 0 Å². The quantitative estimate of drug-likeness (QED) is 0.545. The fourth-order valence-electron chi connectivity index (χ4n) is 2.36. The van der Waals surface area contributed by atoms with Crippen LogP contribution in [0, 0.1) is 10.1 Å². The minimum Gasteiger partial charge on any atom is -0.363 e. The number of nitro groups is 1. The highest BCUT2D eigenvalue weighted by molar-refractivity contribution is 7.91. The number of sulfone groups is 1. The fourth-order valence-corrected chi connectivity index (χ4v) is 3.10. The van der Waals surface area contributed by atoms with E-state index in [0.29, 0.717) is 12.6 Å². The zero-order valence-corrected chi connectivity index (χ0v) is 14.3. The second-order valence-corrected chi connectivity index (χ2v) is 7.13. The third-order valence-electron chi connectivity index (χ3n) is 3.62. The first kappa shape index (κ1) is 18.8. The van der Waals surface area contributed by atoms with Crippen molar-refractivity contribution >= 4 is 21.2 Å². The van der Waals surface area contributed by atoms with Gasteiger partial charge < -0.3 is 4.90 Å². The monoisotopic (exact) mass is 374 g/mol. The van der Waals surface area contributed by atoms with Gasteiger partial charge in [-0.3, -0.25) is 14.8 Å². The number of alkyl halides is 2. The maximum Gasteiger partial charge on any atom is 0.341 e. The Morgan fingerprint density at radius 1 is 1.36 bits per heavy atom. The lowest BCUT2D eigenvalue weighted by Gasteiger charge is -2.20. The Kier molecular flexibility index (Phi) is 5.36. The van der Waals surface area contributed by atoms with Crippen molar-refractivity contribution in [3.05, 3.63) is 46.3 Å². The molecule has 1 aromatic heterocycles. The van der Waals surface area contributed by atoms with Gasteiger partial charge in [-0.1, -0.05) is 0 Å². The third kappa shape index (κ3) is 3.76. The SMILES string of the molecule is CCn1nccc1CN(C)c1ccc(S(=O)(=O)C(F)F)cc1[N+](=O)[O-]. The molecule has 1 aromatic carbocycles. The van der Waals surface area contributed by atoms with E-state index in [0.717, 1.165) is 17.8 Å². The van der Waals surface area contributed by atoms with Gasteiger partial charge in [0.1, 0.15) is 5.69 Å². The first-order chi connectivity index (χ1) is 11.7. The van der Waals surface area contributed by atoms with Gasteiger partial charge in [-0.2, -0.15) is 13.9 Å². The van der Waals surface area contributed by atoms with E-state index in [1.807, 2.05) is 6.92 Å². The van der Waals surface area contributed by atoms with Crippen molar-refractivity contribution in [3.63, 3.8) is 0 Å². The Balaban J connectivity index is 2.42. The molecular weight excluding hydrogens is 358 g/mol. The molecule has 0 radical (unpaired) electrons. The predicted octanol–water partition coefficient (Wildman–Crippen LogP) is 2.44. The van der Waals surface area contributed by atoms with Crippen molar-refractivity contribution in [1.29, 1.82) is 0 Å². The summed E-state index contributed by atoms with van der Waals surface area (Å²) in [6.45, 7) is 2.78. The van der Waals surface area contributed by atoms with Gasteiger partial charge in [0, 0.05) is 25.9 Å². The minimum atomic E-state index is -4.91. The lowest BCUT2D eigenvalue weighted by molar-refractivity contribution is -0.384. The van der Waals surface area contributed by atoms with Gasteiger partial charge in [0.2, 0.25) is 9.84 Å². The highest BCUT2D eigenvalue weighted by Crippen LogP contribution is 2.32. The zero-order chi connectivity index (χ0) is 18.8. The van der Waals surface area contributed by atoms with Gasteiger partial charge in [-0.15, -0.1) is 0 Å². The van der Waals surface area contributed by atoms with Crippen LogP contribution in [0.1, 0.15) is 12.6 Å². The van der Waals surface area contributed by atoms with Crippen molar-refractivity contribution < 1.29 is 22.1 Å². The van der Waals surface area contributed by atoms with Crippen LogP contribution in [-0.2, 0) is 22.9 Å². The molecule has 0 aliphatic rings. The molecule has 0 unspecified atom stereocenters. The maximum atomic E-state index is 12.6. The Bertz CT molecular complexity index is 883. The number of benzene rings is 1. The van der Waals surface area contributed by atoms with Gasteiger partial charge in [0.05, 0.1) is 22.1 Å². The van der Waals surface area contributed by atoms with Crippen molar-refractivity contribution in [2.45, 2.75) is 30.7 Å². The Morgan fingerprint density at radius 3 is 2.60 bits per heavy atom. The summed E-state index contributed by atoms with van der Waals surface area (Å²) in [5.74, 6) is -3.64. The lowest BCUT2D eigenvalue weighted by Crippen LogP contribution is -2.20. The van der Waals surface area contributed by atoms with E-state index in [1.165, 1.54) is 4.90 Å². The predicted molar refractivity (Wildman–Crippen MR) is 86.3 cm³/mol. The molecule has 2 rings (SSSR count). The van der Waals surface area contributed by atoms with Crippen molar-refractivity contribution in [2.24, 2.45) is 0 Å². The Hall–Kier alpha value is -2.56. The Labute approximate surface area is 142 Å². The molecule has 2 aromatic rings. The summed E-state index contributed by atoms with van der Waals surface area (Å²) in [6, 6.07) is 4.50. The zero-order valence-electron chi connectivity index (χ0n) is 13.5. The minimum absolute atomic E-state index is 0.113. The highest BCUT2D eigenvalue weighted by Gasteiger charge is 2.30. The molecule has 11 heteroatoms. The van der Waals surface area contributed by atoms with Crippen LogP contribution in [0.4, 0.5) is 20.2 Å². The van der Waals surface area contributed by atoms with Crippen LogP contribution >= 0.6 is 0 Å². The summed E-state index contributed by atoms with van der Waals surface area (Å²) in [5.41, 5.74) is 0.345. The van der Waals surface area contributed by atoms with E-state index in [4.69, 9.17) is 0 Å². The molecule has 0 bridgehead atoms. The molecule has 0 amide bonds. The molecule has 0 saturated carbocycles. The van der Waals surface area contributed by atoms with E-state index in [2.05, 4.69) is 5.10 Å². The van der Waals surface area contributed by atoms with Gasteiger partial charge in [0.25, 0.3) is 5.69 Å². The molecule has 0 saturated heterocycles. The molecule has 0 aliphatic carbocycles. The average Bonchev–Trinajstić information content (AvgIpc) is 3.01. The first-order valence-corrected chi connectivity index (χ1v) is 8.75. The molecule has 0 aliphatic heterocycles. The summed E-state index contributed by atoms with van der Waals surface area (Å²) in [7, 11) is -3.33. The first-order valence-electron chi connectivity index (χ1n) is 7.20. The number of aryl methyl sites for hydroxylation is 1. The number of hydrogen-bond acceptors (Lipinski definition) is 6. The number of anilines is 1. The van der Waals surface area contributed by atoms with Crippen LogP contribution < -0.4 is 4.90 Å². The second kappa shape index (κ2) is 7.13. The van der Waals surface area contributed by atoms with Crippen LogP contribution in [0.3, 0.4) is 0 Å².